The van der Waals surface area contributed by atoms with Crippen LogP contribution in [0, 0.1) is 5.41 Å². The van der Waals surface area contributed by atoms with Gasteiger partial charge in [0.1, 0.15) is 0 Å². The Morgan fingerprint density at radius 1 is 1.30 bits per heavy atom. The van der Waals surface area contributed by atoms with Crippen LogP contribution in [0.1, 0.15) is 20.8 Å². The number of carbonyl (C=O) groups excluding carboxylic acids is 1. The Morgan fingerprint density at radius 2 is 1.95 bits per heavy atom. The summed E-state index contributed by atoms with van der Waals surface area (Å²) in [6, 6.07) is 6.56. The second-order valence-electron chi connectivity index (χ2n) is 5.65. The third-order valence-electron chi connectivity index (χ3n) is 2.97. The van der Waals surface area contributed by atoms with Gasteiger partial charge in [-0.1, -0.05) is 20.8 Å². The van der Waals surface area contributed by atoms with Gasteiger partial charge in [-0.15, -0.1) is 10.2 Å². The van der Waals surface area contributed by atoms with E-state index in [4.69, 9.17) is 10.2 Å². The molecule has 0 saturated heterocycles. The largest absolute Gasteiger partial charge is 0.423 e. The maximum atomic E-state index is 12.0. The van der Waals surface area contributed by atoms with Crippen LogP contribution in [0.25, 0.3) is 11.5 Å². The van der Waals surface area contributed by atoms with E-state index in [1.807, 2.05) is 20.8 Å². The lowest BCUT2D eigenvalue weighted by atomic mass is 9.87. The Bertz CT molecular complexity index is 570. The molecule has 0 saturated carbocycles. The summed E-state index contributed by atoms with van der Waals surface area (Å²) in [5.41, 5.74) is 7.09. The highest BCUT2D eigenvalue weighted by molar-refractivity contribution is 5.95. The zero-order chi connectivity index (χ0) is 14.8. The van der Waals surface area contributed by atoms with Crippen molar-refractivity contribution in [3.05, 3.63) is 30.7 Å². The number of benzene rings is 1. The predicted octanol–water partition coefficient (Wildman–Crippen LogP) is 2.05. The summed E-state index contributed by atoms with van der Waals surface area (Å²) in [7, 11) is 0. The van der Waals surface area contributed by atoms with Crippen LogP contribution in [0.5, 0.6) is 0 Å². The molecule has 0 aliphatic heterocycles. The molecule has 0 aliphatic carbocycles. The molecule has 2 rings (SSSR count). The van der Waals surface area contributed by atoms with Crippen molar-refractivity contribution in [1.29, 1.82) is 0 Å². The highest BCUT2D eigenvalue weighted by Crippen LogP contribution is 2.21. The Kier molecular flexibility index (Phi) is 3.85. The third-order valence-corrected chi connectivity index (χ3v) is 2.97. The van der Waals surface area contributed by atoms with Crippen molar-refractivity contribution in [2.24, 2.45) is 11.1 Å². The van der Waals surface area contributed by atoms with Gasteiger partial charge >= 0.3 is 0 Å². The molecular weight excluding hydrogens is 256 g/mol. The van der Waals surface area contributed by atoms with Gasteiger partial charge in [0.25, 0.3) is 0 Å². The minimum Gasteiger partial charge on any atom is -0.423 e. The van der Waals surface area contributed by atoms with E-state index in [0.29, 0.717) is 11.6 Å². The number of amides is 1. The lowest BCUT2D eigenvalue weighted by molar-refractivity contribution is -0.119. The molecule has 1 aromatic heterocycles. The fraction of sp³-hybridized carbons (Fsp3) is 0.357. The molecule has 1 heterocycles. The summed E-state index contributed by atoms with van der Waals surface area (Å²) in [6.07, 6.45) is 1.27. The third kappa shape index (κ3) is 3.21. The molecule has 0 fully saturated rings. The molecule has 1 amide bonds. The molecule has 6 nitrogen and oxygen atoms in total. The molecule has 3 N–H and O–H groups in total. The van der Waals surface area contributed by atoms with Crippen LogP contribution in [0.3, 0.4) is 0 Å². The molecule has 106 valence electrons. The van der Waals surface area contributed by atoms with Gasteiger partial charge in [0.2, 0.25) is 18.2 Å². The van der Waals surface area contributed by atoms with Gasteiger partial charge in [0, 0.05) is 11.3 Å². The number of nitrogens with zero attached hydrogens (tertiary/aromatic N) is 2. The minimum absolute atomic E-state index is 0.206. The number of anilines is 1. The summed E-state index contributed by atoms with van der Waals surface area (Å²) < 4.78 is 5.09. The first-order valence-electron chi connectivity index (χ1n) is 6.31. The lowest BCUT2D eigenvalue weighted by Gasteiger charge is -2.25. The van der Waals surface area contributed by atoms with Crippen LogP contribution in [-0.2, 0) is 4.79 Å². The molecule has 0 spiro atoms. The molecule has 1 unspecified atom stereocenters. The summed E-state index contributed by atoms with van der Waals surface area (Å²) in [6.45, 7) is 5.78. The Morgan fingerprint density at radius 3 is 2.45 bits per heavy atom. The van der Waals surface area contributed by atoms with E-state index in [2.05, 4.69) is 15.5 Å². The Labute approximate surface area is 117 Å². The second-order valence-corrected chi connectivity index (χ2v) is 5.65. The number of aromatic nitrogens is 2. The monoisotopic (exact) mass is 274 g/mol. The summed E-state index contributed by atoms with van der Waals surface area (Å²) in [4.78, 5) is 12.0. The van der Waals surface area contributed by atoms with Gasteiger partial charge in [-0.3, -0.25) is 4.79 Å². The van der Waals surface area contributed by atoms with Crippen LogP contribution in [0.4, 0.5) is 5.69 Å². The SMILES string of the molecule is CC(C)(C)C(N)C(=O)Nc1ccc(-c2nnco2)cc1. The molecule has 2 aromatic rings. The topological polar surface area (TPSA) is 94.0 Å². The van der Waals surface area contributed by atoms with Crippen LogP contribution in [-0.4, -0.2) is 22.1 Å². The molecular formula is C14H18N4O2. The van der Waals surface area contributed by atoms with Gasteiger partial charge < -0.3 is 15.5 Å². The quantitative estimate of drug-likeness (QED) is 0.893. The van der Waals surface area contributed by atoms with Gasteiger partial charge in [-0.2, -0.15) is 0 Å². The van der Waals surface area contributed by atoms with Crippen molar-refractivity contribution in [2.45, 2.75) is 26.8 Å². The molecule has 0 aliphatic rings. The Balaban J connectivity index is 2.06. The van der Waals surface area contributed by atoms with E-state index in [1.165, 1.54) is 6.39 Å². The molecule has 1 atom stereocenters. The summed E-state index contributed by atoms with van der Waals surface area (Å²) >= 11 is 0. The lowest BCUT2D eigenvalue weighted by Crippen LogP contribution is -2.45. The first kappa shape index (κ1) is 14.2. The highest BCUT2D eigenvalue weighted by Gasteiger charge is 2.27. The first-order valence-corrected chi connectivity index (χ1v) is 6.31. The number of nitrogens with two attached hydrogens (primary N) is 1. The van der Waals surface area contributed by atoms with E-state index < -0.39 is 6.04 Å². The van der Waals surface area contributed by atoms with Gasteiger partial charge in [0.05, 0.1) is 6.04 Å². The Hall–Kier alpha value is -2.21. The minimum atomic E-state index is -0.571. The van der Waals surface area contributed by atoms with Crippen LogP contribution in [0.15, 0.2) is 35.1 Å². The normalized spacial score (nSPS) is 13.0. The zero-order valence-corrected chi connectivity index (χ0v) is 11.8. The first-order chi connectivity index (χ1) is 9.38. The van der Waals surface area contributed by atoms with Crippen molar-refractivity contribution in [3.8, 4) is 11.5 Å². The number of nitrogens with one attached hydrogen (secondary N) is 1. The average Bonchev–Trinajstić information content (AvgIpc) is 2.91. The van der Waals surface area contributed by atoms with Crippen molar-refractivity contribution >= 4 is 11.6 Å². The smallest absolute Gasteiger partial charge is 0.247 e. The van der Waals surface area contributed by atoms with Gasteiger partial charge in [0.15, 0.2) is 0 Å². The standard InChI is InChI=1S/C14H18N4O2/c1-14(2,3)11(15)12(19)17-10-6-4-9(5-7-10)13-18-16-8-20-13/h4-8,11H,15H2,1-3H3,(H,17,19). The van der Waals surface area contributed by atoms with E-state index in [1.54, 1.807) is 24.3 Å². The molecule has 6 heteroatoms. The van der Waals surface area contributed by atoms with Crippen LogP contribution < -0.4 is 11.1 Å². The number of hydrogen-bond acceptors (Lipinski definition) is 5. The van der Waals surface area contributed by atoms with Crippen molar-refractivity contribution in [2.75, 3.05) is 5.32 Å². The maximum absolute atomic E-state index is 12.0. The van der Waals surface area contributed by atoms with E-state index in [9.17, 15) is 4.79 Å². The molecule has 20 heavy (non-hydrogen) atoms. The summed E-state index contributed by atoms with van der Waals surface area (Å²) in [5, 5.41) is 10.2. The predicted molar refractivity (Wildman–Crippen MR) is 75.8 cm³/mol. The van der Waals surface area contributed by atoms with E-state index in [0.717, 1.165) is 5.56 Å². The maximum Gasteiger partial charge on any atom is 0.247 e. The van der Waals surface area contributed by atoms with Crippen molar-refractivity contribution in [3.63, 3.8) is 0 Å². The number of hydrogen-bond donors (Lipinski definition) is 2. The van der Waals surface area contributed by atoms with Crippen molar-refractivity contribution in [1.82, 2.24) is 10.2 Å². The van der Waals surface area contributed by atoms with E-state index >= 15 is 0 Å². The fourth-order valence-corrected chi connectivity index (χ4v) is 1.61. The molecule has 0 bridgehead atoms. The zero-order valence-electron chi connectivity index (χ0n) is 11.8. The second kappa shape index (κ2) is 5.42. The molecule has 1 aromatic carbocycles. The average molecular weight is 274 g/mol. The summed E-state index contributed by atoms with van der Waals surface area (Å²) in [5.74, 6) is 0.234. The molecule has 0 radical (unpaired) electrons. The van der Waals surface area contributed by atoms with Crippen molar-refractivity contribution < 1.29 is 9.21 Å². The fourth-order valence-electron chi connectivity index (χ4n) is 1.61. The van der Waals surface area contributed by atoms with Crippen LogP contribution >= 0.6 is 0 Å². The number of rotatable bonds is 3. The van der Waals surface area contributed by atoms with E-state index in [-0.39, 0.29) is 11.3 Å². The number of carbonyl (C=O) groups is 1. The van der Waals surface area contributed by atoms with Gasteiger partial charge in [-0.05, 0) is 29.7 Å². The van der Waals surface area contributed by atoms with Crippen LogP contribution in [0.2, 0.25) is 0 Å². The van der Waals surface area contributed by atoms with Gasteiger partial charge in [-0.25, -0.2) is 0 Å². The highest BCUT2D eigenvalue weighted by atomic mass is 16.4.